The second-order valence-electron chi connectivity index (χ2n) is 5.59. The molecule has 0 amide bonds. The van der Waals surface area contributed by atoms with E-state index in [9.17, 15) is 4.79 Å². The number of hydrogen-bond donors (Lipinski definition) is 1. The largest absolute Gasteiger partial charge is 0.492 e. The van der Waals surface area contributed by atoms with Gasteiger partial charge in [-0.15, -0.1) is 0 Å². The Labute approximate surface area is 135 Å². The fourth-order valence-corrected chi connectivity index (χ4v) is 2.64. The lowest BCUT2D eigenvalue weighted by atomic mass is 10.2. The number of ether oxygens (including phenoxy) is 2. The molecular weight excluding hydrogens is 294 g/mol. The number of morpholine rings is 1. The molecule has 2 aromatic rings. The summed E-state index contributed by atoms with van der Waals surface area (Å²) >= 11 is 0. The van der Waals surface area contributed by atoms with Gasteiger partial charge in [0.05, 0.1) is 6.61 Å². The zero-order valence-electron chi connectivity index (χ0n) is 13.2. The maximum absolute atomic E-state index is 11.6. The topological polar surface area (TPSA) is 67.5 Å². The van der Waals surface area contributed by atoms with Crippen molar-refractivity contribution in [2.75, 3.05) is 32.8 Å². The summed E-state index contributed by atoms with van der Waals surface area (Å²) in [6, 6.07) is 11.3. The van der Waals surface area contributed by atoms with Gasteiger partial charge in [0.25, 0.3) is 5.56 Å². The molecule has 0 saturated carbocycles. The van der Waals surface area contributed by atoms with Crippen molar-refractivity contribution in [2.24, 2.45) is 0 Å². The van der Waals surface area contributed by atoms with Crippen LogP contribution in [0.5, 0.6) is 5.75 Å². The molecule has 1 aliphatic rings. The van der Waals surface area contributed by atoms with E-state index in [2.05, 4.69) is 14.9 Å². The molecule has 1 aromatic heterocycles. The molecule has 6 nitrogen and oxygen atoms in total. The van der Waals surface area contributed by atoms with Crippen LogP contribution in [0.4, 0.5) is 0 Å². The molecule has 0 spiro atoms. The highest BCUT2D eigenvalue weighted by molar-refractivity contribution is 5.20. The van der Waals surface area contributed by atoms with Gasteiger partial charge in [-0.05, 0) is 19.1 Å². The quantitative estimate of drug-likeness (QED) is 0.906. The number of hydrogen-bond acceptors (Lipinski definition) is 5. The van der Waals surface area contributed by atoms with E-state index in [4.69, 9.17) is 9.47 Å². The molecule has 1 fully saturated rings. The van der Waals surface area contributed by atoms with E-state index < -0.39 is 0 Å². The fourth-order valence-electron chi connectivity index (χ4n) is 2.64. The summed E-state index contributed by atoms with van der Waals surface area (Å²) in [5.41, 5.74) is 0.567. The van der Waals surface area contributed by atoms with Crippen molar-refractivity contribution < 1.29 is 9.47 Å². The maximum atomic E-state index is 11.6. The molecular formula is C17H21N3O3. The average Bonchev–Trinajstić information content (AvgIpc) is 2.55. The van der Waals surface area contributed by atoms with E-state index >= 15 is 0 Å². The van der Waals surface area contributed by atoms with Crippen LogP contribution in [0.25, 0.3) is 0 Å². The number of aromatic amines is 1. The van der Waals surface area contributed by atoms with Crippen LogP contribution in [-0.4, -0.2) is 47.7 Å². The van der Waals surface area contributed by atoms with E-state index in [-0.39, 0.29) is 11.7 Å². The van der Waals surface area contributed by atoms with Crippen molar-refractivity contribution in [1.29, 1.82) is 0 Å². The smallest absolute Gasteiger partial charge is 0.251 e. The van der Waals surface area contributed by atoms with Gasteiger partial charge in [0.1, 0.15) is 24.3 Å². The van der Waals surface area contributed by atoms with Gasteiger partial charge < -0.3 is 14.5 Å². The summed E-state index contributed by atoms with van der Waals surface area (Å²) < 4.78 is 11.5. The van der Waals surface area contributed by atoms with Gasteiger partial charge in [-0.2, -0.15) is 0 Å². The van der Waals surface area contributed by atoms with Crippen LogP contribution in [0.2, 0.25) is 0 Å². The first-order valence-corrected chi connectivity index (χ1v) is 7.80. The first kappa shape index (κ1) is 15.7. The molecule has 1 aromatic carbocycles. The Bertz CT molecular complexity index is 687. The molecule has 0 aliphatic carbocycles. The van der Waals surface area contributed by atoms with Crippen LogP contribution in [0, 0.1) is 6.92 Å². The van der Waals surface area contributed by atoms with E-state index in [1.54, 1.807) is 0 Å². The van der Waals surface area contributed by atoms with Crippen molar-refractivity contribution in [1.82, 2.24) is 14.9 Å². The van der Waals surface area contributed by atoms with Gasteiger partial charge in [0.2, 0.25) is 0 Å². The predicted molar refractivity (Wildman–Crippen MR) is 86.7 cm³/mol. The molecule has 1 aliphatic heterocycles. The molecule has 2 heterocycles. The molecule has 0 bridgehead atoms. The molecule has 0 unspecified atom stereocenters. The molecule has 0 radical (unpaired) electrons. The first-order valence-electron chi connectivity index (χ1n) is 7.80. The van der Waals surface area contributed by atoms with Crippen molar-refractivity contribution in [3.05, 3.63) is 58.3 Å². The third-order valence-electron chi connectivity index (χ3n) is 3.76. The van der Waals surface area contributed by atoms with E-state index in [1.165, 1.54) is 6.07 Å². The van der Waals surface area contributed by atoms with Gasteiger partial charge in [0.15, 0.2) is 0 Å². The van der Waals surface area contributed by atoms with E-state index in [0.29, 0.717) is 31.3 Å². The van der Waals surface area contributed by atoms with Crippen LogP contribution in [0.15, 0.2) is 41.2 Å². The number of aryl methyl sites for hydroxylation is 1. The Balaban J connectivity index is 1.54. The van der Waals surface area contributed by atoms with Crippen LogP contribution >= 0.6 is 0 Å². The molecule has 122 valence electrons. The summed E-state index contributed by atoms with van der Waals surface area (Å²) in [6.45, 7) is 5.41. The number of benzene rings is 1. The van der Waals surface area contributed by atoms with Crippen LogP contribution in [-0.2, 0) is 4.74 Å². The SMILES string of the molecule is Cc1cc(=O)[nH]c([C@H]2CN(CCOc3ccccc3)CCO2)n1. The molecule has 6 heteroatoms. The van der Waals surface area contributed by atoms with Gasteiger partial charge in [-0.1, -0.05) is 18.2 Å². The Kier molecular flexibility index (Phi) is 5.05. The van der Waals surface area contributed by atoms with Crippen molar-refractivity contribution in [3.63, 3.8) is 0 Å². The number of nitrogens with zero attached hydrogens (tertiary/aromatic N) is 2. The molecule has 1 saturated heterocycles. The minimum Gasteiger partial charge on any atom is -0.492 e. The number of nitrogens with one attached hydrogen (secondary N) is 1. The normalized spacial score (nSPS) is 18.7. The standard InChI is InChI=1S/C17H21N3O3/c1-13-11-16(21)19-17(18-13)15-12-20(8-10-23-15)7-9-22-14-5-3-2-4-6-14/h2-6,11,15H,7-10,12H2,1H3,(H,18,19,21)/t15-/m1/s1. The van der Waals surface area contributed by atoms with Gasteiger partial charge in [0, 0.05) is 31.4 Å². The predicted octanol–water partition coefficient (Wildman–Crippen LogP) is 1.53. The van der Waals surface area contributed by atoms with Gasteiger partial charge >= 0.3 is 0 Å². The van der Waals surface area contributed by atoms with E-state index in [1.807, 2.05) is 37.3 Å². The number of aromatic nitrogens is 2. The average molecular weight is 315 g/mol. The monoisotopic (exact) mass is 315 g/mol. The Morgan fingerprint density at radius 2 is 2.22 bits per heavy atom. The Hall–Kier alpha value is -2.18. The van der Waals surface area contributed by atoms with Crippen LogP contribution in [0.3, 0.4) is 0 Å². The minimum absolute atomic E-state index is 0.138. The highest BCUT2D eigenvalue weighted by Gasteiger charge is 2.23. The highest BCUT2D eigenvalue weighted by Crippen LogP contribution is 2.18. The van der Waals surface area contributed by atoms with E-state index in [0.717, 1.165) is 18.8 Å². The number of H-pyrrole nitrogens is 1. The maximum Gasteiger partial charge on any atom is 0.251 e. The lowest BCUT2D eigenvalue weighted by molar-refractivity contribution is -0.0373. The van der Waals surface area contributed by atoms with Gasteiger partial charge in [-0.25, -0.2) is 4.98 Å². The van der Waals surface area contributed by atoms with Crippen LogP contribution in [0.1, 0.15) is 17.6 Å². The fraction of sp³-hybridized carbons (Fsp3) is 0.412. The summed E-state index contributed by atoms with van der Waals surface area (Å²) in [5.74, 6) is 1.48. The van der Waals surface area contributed by atoms with Crippen molar-refractivity contribution >= 4 is 0 Å². The summed E-state index contributed by atoms with van der Waals surface area (Å²) in [7, 11) is 0. The lowest BCUT2D eigenvalue weighted by Crippen LogP contribution is -2.41. The molecule has 23 heavy (non-hydrogen) atoms. The first-order chi connectivity index (χ1) is 11.2. The molecule has 1 atom stereocenters. The second kappa shape index (κ2) is 7.39. The second-order valence-corrected chi connectivity index (χ2v) is 5.59. The zero-order valence-corrected chi connectivity index (χ0v) is 13.2. The highest BCUT2D eigenvalue weighted by atomic mass is 16.5. The van der Waals surface area contributed by atoms with Gasteiger partial charge in [-0.3, -0.25) is 9.69 Å². The van der Waals surface area contributed by atoms with Crippen molar-refractivity contribution in [2.45, 2.75) is 13.0 Å². The number of para-hydroxylation sites is 1. The summed E-state index contributed by atoms with van der Waals surface area (Å²) in [5, 5.41) is 0. The summed E-state index contributed by atoms with van der Waals surface area (Å²) in [4.78, 5) is 21.0. The minimum atomic E-state index is -0.201. The third-order valence-corrected chi connectivity index (χ3v) is 3.76. The van der Waals surface area contributed by atoms with Crippen molar-refractivity contribution in [3.8, 4) is 5.75 Å². The summed E-state index contributed by atoms with van der Waals surface area (Å²) in [6.07, 6.45) is -0.201. The Morgan fingerprint density at radius 1 is 1.39 bits per heavy atom. The zero-order chi connectivity index (χ0) is 16.1. The lowest BCUT2D eigenvalue weighted by Gasteiger charge is -2.32. The molecule has 1 N–H and O–H groups in total. The Morgan fingerprint density at radius 3 is 3.00 bits per heavy atom. The third kappa shape index (κ3) is 4.40. The molecule has 3 rings (SSSR count). The van der Waals surface area contributed by atoms with Crippen LogP contribution < -0.4 is 10.3 Å². The number of rotatable bonds is 5.